The van der Waals surface area contributed by atoms with Crippen molar-refractivity contribution in [2.24, 2.45) is 21.7 Å². The molecule has 0 aliphatic carbocycles. The second-order valence-electron chi connectivity index (χ2n) is 12.4. The number of carbonyl (C=O) groups excluding carboxylic acids is 2. The molecule has 2 amide bonds. The van der Waals surface area contributed by atoms with Crippen molar-refractivity contribution in [2.45, 2.75) is 81.1 Å². The van der Waals surface area contributed by atoms with Gasteiger partial charge in [0.2, 0.25) is 5.91 Å². The zero-order valence-corrected chi connectivity index (χ0v) is 25.5. The van der Waals surface area contributed by atoms with E-state index in [4.69, 9.17) is 0 Å². The highest BCUT2D eigenvalue weighted by atomic mass is 32.2. The number of benzene rings is 1. The van der Waals surface area contributed by atoms with E-state index < -0.39 is 5.41 Å². The molecule has 1 atom stereocenters. The van der Waals surface area contributed by atoms with E-state index in [0.29, 0.717) is 18.7 Å². The van der Waals surface area contributed by atoms with Crippen LogP contribution in [0.25, 0.3) is 0 Å². The van der Waals surface area contributed by atoms with Crippen LogP contribution >= 0.6 is 11.8 Å². The second kappa shape index (κ2) is 14.8. The minimum atomic E-state index is -0.471. The molecule has 4 nitrogen and oxygen atoms in total. The molecule has 0 aliphatic heterocycles. The minimum absolute atomic E-state index is 0.00339. The predicted molar refractivity (Wildman–Crippen MR) is 162 cm³/mol. The summed E-state index contributed by atoms with van der Waals surface area (Å²) < 4.78 is 0. The van der Waals surface area contributed by atoms with Gasteiger partial charge in [-0.2, -0.15) is 11.8 Å². The van der Waals surface area contributed by atoms with E-state index in [-0.39, 0.29) is 28.1 Å². The first-order chi connectivity index (χ1) is 17.2. The summed E-state index contributed by atoms with van der Waals surface area (Å²) >= 11 is 1.73. The van der Waals surface area contributed by atoms with Crippen LogP contribution in [0, 0.1) is 21.7 Å². The SMILES string of the molecule is C=CC(C)(C)CC=CC(C)(CCC)C(C)(C)CC(C)(C)C(=O)NCCSCCNC(=O)c1ccccc1. The van der Waals surface area contributed by atoms with Gasteiger partial charge in [0.25, 0.3) is 5.91 Å². The highest BCUT2D eigenvalue weighted by Gasteiger charge is 2.44. The fraction of sp³-hybridized carbons (Fsp3) is 0.625. The maximum atomic E-state index is 13.1. The number of hydrogen-bond donors (Lipinski definition) is 2. The van der Waals surface area contributed by atoms with Crippen molar-refractivity contribution < 1.29 is 9.59 Å². The molecule has 0 spiro atoms. The average Bonchev–Trinajstić information content (AvgIpc) is 2.83. The zero-order chi connectivity index (χ0) is 28.2. The molecule has 1 aromatic rings. The number of thioether (sulfide) groups is 1. The zero-order valence-electron chi connectivity index (χ0n) is 24.7. The first-order valence-corrected chi connectivity index (χ1v) is 14.9. The van der Waals surface area contributed by atoms with Crippen LogP contribution in [0.3, 0.4) is 0 Å². The molecule has 208 valence electrons. The number of hydrogen-bond acceptors (Lipinski definition) is 3. The molecule has 2 N–H and O–H groups in total. The smallest absolute Gasteiger partial charge is 0.251 e. The summed E-state index contributed by atoms with van der Waals surface area (Å²) in [5.41, 5.74) is 0.233. The highest BCUT2D eigenvalue weighted by Crippen LogP contribution is 2.50. The van der Waals surface area contributed by atoms with Gasteiger partial charge in [-0.15, -0.1) is 6.58 Å². The molecule has 0 radical (unpaired) electrons. The molecular formula is C32H52N2O2S. The van der Waals surface area contributed by atoms with Crippen molar-refractivity contribution in [3.63, 3.8) is 0 Å². The summed E-state index contributed by atoms with van der Waals surface area (Å²) in [5, 5.41) is 6.09. The number of allylic oxidation sites excluding steroid dienone is 3. The van der Waals surface area contributed by atoms with Crippen LogP contribution < -0.4 is 10.6 Å². The van der Waals surface area contributed by atoms with E-state index in [2.05, 4.69) is 84.8 Å². The molecule has 1 unspecified atom stereocenters. The molecular weight excluding hydrogens is 476 g/mol. The van der Waals surface area contributed by atoms with Crippen LogP contribution in [0.1, 0.15) is 91.4 Å². The van der Waals surface area contributed by atoms with Gasteiger partial charge < -0.3 is 10.6 Å². The maximum absolute atomic E-state index is 13.1. The van der Waals surface area contributed by atoms with E-state index in [0.717, 1.165) is 37.2 Å². The van der Waals surface area contributed by atoms with Gasteiger partial charge in [-0.1, -0.05) is 98.2 Å². The van der Waals surface area contributed by atoms with Crippen LogP contribution in [0.15, 0.2) is 55.1 Å². The summed E-state index contributed by atoms with van der Waals surface area (Å²) in [7, 11) is 0. The molecule has 1 rings (SSSR count). The molecule has 37 heavy (non-hydrogen) atoms. The Bertz CT molecular complexity index is 889. The molecule has 0 saturated carbocycles. The molecule has 5 heteroatoms. The molecule has 0 aromatic heterocycles. The van der Waals surface area contributed by atoms with E-state index in [1.165, 1.54) is 0 Å². The largest absolute Gasteiger partial charge is 0.355 e. The molecule has 1 aromatic carbocycles. The van der Waals surface area contributed by atoms with Gasteiger partial charge in [0.05, 0.1) is 0 Å². The first-order valence-electron chi connectivity index (χ1n) is 13.7. The van der Waals surface area contributed by atoms with Crippen LogP contribution in [0.2, 0.25) is 0 Å². The standard InChI is InChI=1S/C32H52N2O2S/c1-10-18-32(9,20-15-19-29(3,4)11-2)31(7,8)25-30(5,6)28(36)34-22-24-37-23-21-33-27(35)26-16-13-12-14-17-26/h11-17,20H,2,10,18-19,21-25H2,1,3-9H3,(H,33,35)(H,34,36). The third-order valence-electron chi connectivity index (χ3n) is 7.60. The Kier molecular flexibility index (Phi) is 13.2. The minimum Gasteiger partial charge on any atom is -0.355 e. The second-order valence-corrected chi connectivity index (χ2v) is 13.6. The Hall–Kier alpha value is -2.01. The molecule has 0 heterocycles. The van der Waals surface area contributed by atoms with Crippen molar-refractivity contribution >= 4 is 23.6 Å². The number of rotatable bonds is 17. The van der Waals surface area contributed by atoms with Gasteiger partial charge in [0.15, 0.2) is 0 Å². The van der Waals surface area contributed by atoms with Crippen molar-refractivity contribution in [1.29, 1.82) is 0 Å². The van der Waals surface area contributed by atoms with Crippen molar-refractivity contribution in [2.75, 3.05) is 24.6 Å². The van der Waals surface area contributed by atoms with Gasteiger partial charge in [-0.05, 0) is 47.6 Å². The molecule has 0 bridgehead atoms. The van der Waals surface area contributed by atoms with Crippen LogP contribution in [-0.4, -0.2) is 36.4 Å². The molecule has 0 saturated heterocycles. The van der Waals surface area contributed by atoms with E-state index in [1.807, 2.05) is 36.4 Å². The van der Waals surface area contributed by atoms with Crippen LogP contribution in [0.5, 0.6) is 0 Å². The fourth-order valence-electron chi connectivity index (χ4n) is 4.77. The van der Waals surface area contributed by atoms with Gasteiger partial charge in [0, 0.05) is 35.6 Å². The Morgan fingerprint density at radius 1 is 0.946 bits per heavy atom. The maximum Gasteiger partial charge on any atom is 0.251 e. The Labute approximate surface area is 231 Å². The van der Waals surface area contributed by atoms with E-state index in [1.54, 1.807) is 11.8 Å². The van der Waals surface area contributed by atoms with Gasteiger partial charge in [-0.25, -0.2) is 0 Å². The summed E-state index contributed by atoms with van der Waals surface area (Å²) in [6.07, 6.45) is 10.7. The lowest BCUT2D eigenvalue weighted by atomic mass is 9.58. The number of nitrogens with one attached hydrogen (secondary N) is 2. The topological polar surface area (TPSA) is 58.2 Å². The lowest BCUT2D eigenvalue weighted by Gasteiger charge is -2.46. The van der Waals surface area contributed by atoms with Gasteiger partial charge >= 0.3 is 0 Å². The van der Waals surface area contributed by atoms with Crippen molar-refractivity contribution in [1.82, 2.24) is 10.6 Å². The van der Waals surface area contributed by atoms with Crippen LogP contribution in [-0.2, 0) is 4.79 Å². The Balaban J connectivity index is 2.55. The Morgan fingerprint density at radius 2 is 1.54 bits per heavy atom. The monoisotopic (exact) mass is 528 g/mol. The van der Waals surface area contributed by atoms with Crippen molar-refractivity contribution in [3.05, 3.63) is 60.7 Å². The lowest BCUT2D eigenvalue weighted by molar-refractivity contribution is -0.131. The van der Waals surface area contributed by atoms with Crippen LogP contribution in [0.4, 0.5) is 0 Å². The normalized spacial score (nSPS) is 14.3. The summed E-state index contributed by atoms with van der Waals surface area (Å²) in [6.45, 7) is 22.9. The Morgan fingerprint density at radius 3 is 2.11 bits per heavy atom. The summed E-state index contributed by atoms with van der Waals surface area (Å²) in [4.78, 5) is 25.2. The molecule has 0 aliphatic rings. The first kappa shape index (κ1) is 33.0. The predicted octanol–water partition coefficient (Wildman–Crippen LogP) is 7.67. The summed E-state index contributed by atoms with van der Waals surface area (Å²) in [5.74, 6) is 1.69. The van der Waals surface area contributed by atoms with E-state index in [9.17, 15) is 9.59 Å². The average molecular weight is 529 g/mol. The molecule has 0 fully saturated rings. The highest BCUT2D eigenvalue weighted by molar-refractivity contribution is 7.99. The number of carbonyl (C=O) groups is 2. The lowest BCUT2D eigenvalue weighted by Crippen LogP contribution is -2.44. The van der Waals surface area contributed by atoms with Gasteiger partial charge in [-0.3, -0.25) is 9.59 Å². The third kappa shape index (κ3) is 11.1. The van der Waals surface area contributed by atoms with Crippen molar-refractivity contribution in [3.8, 4) is 0 Å². The van der Waals surface area contributed by atoms with E-state index >= 15 is 0 Å². The van der Waals surface area contributed by atoms with Gasteiger partial charge in [0.1, 0.15) is 0 Å². The quantitative estimate of drug-likeness (QED) is 0.161. The summed E-state index contributed by atoms with van der Waals surface area (Å²) in [6, 6.07) is 9.25. The number of amides is 2. The third-order valence-corrected chi connectivity index (χ3v) is 8.58. The fourth-order valence-corrected chi connectivity index (χ4v) is 5.46.